The Labute approximate surface area is 216 Å². The van der Waals surface area contributed by atoms with E-state index in [0.717, 1.165) is 36.4 Å². The van der Waals surface area contributed by atoms with Crippen LogP contribution in [0, 0.1) is 0 Å². The third kappa shape index (κ3) is 5.99. The molecule has 1 unspecified atom stereocenters. The summed E-state index contributed by atoms with van der Waals surface area (Å²) in [6.45, 7) is 2.21. The number of benzene rings is 4. The highest BCUT2D eigenvalue weighted by Gasteiger charge is 2.24. The van der Waals surface area contributed by atoms with Gasteiger partial charge in [-0.25, -0.2) is 0 Å². The fourth-order valence-electron chi connectivity index (χ4n) is 4.45. The average molecular weight is 497 g/mol. The van der Waals surface area contributed by atoms with Gasteiger partial charge in [-0.2, -0.15) is 0 Å². The van der Waals surface area contributed by atoms with E-state index in [1.54, 1.807) is 0 Å². The Kier molecular flexibility index (Phi) is 8.01. The van der Waals surface area contributed by atoms with Crippen molar-refractivity contribution in [3.63, 3.8) is 0 Å². The fraction of sp³-hybridized carbons (Fsp3) is 0.194. The summed E-state index contributed by atoms with van der Waals surface area (Å²) in [6.07, 6.45) is 3.06. The maximum atomic E-state index is 12.8. The van der Waals surface area contributed by atoms with E-state index in [2.05, 4.69) is 88.5 Å². The van der Waals surface area contributed by atoms with Gasteiger partial charge in [-0.15, -0.1) is 0 Å². The van der Waals surface area contributed by atoms with E-state index in [1.165, 1.54) is 16.7 Å². The maximum absolute atomic E-state index is 12.8. The van der Waals surface area contributed by atoms with Crippen molar-refractivity contribution in [2.75, 3.05) is 24.0 Å². The van der Waals surface area contributed by atoms with Crippen molar-refractivity contribution >= 4 is 23.0 Å². The lowest BCUT2D eigenvalue weighted by molar-refractivity contribution is 0.0953. The first-order valence-corrected chi connectivity index (χ1v) is 13.8. The number of anilines is 1. The third-order valence-electron chi connectivity index (χ3n) is 6.36. The zero-order valence-electron chi connectivity index (χ0n) is 20.3. The van der Waals surface area contributed by atoms with Crippen LogP contribution in [-0.4, -0.2) is 25.6 Å². The number of carbonyl (C=O) groups excluding carboxylic acids is 1. The van der Waals surface area contributed by atoms with Gasteiger partial charge in [0, 0.05) is 22.7 Å². The summed E-state index contributed by atoms with van der Waals surface area (Å²) in [4.78, 5) is 13.9. The van der Waals surface area contributed by atoms with Gasteiger partial charge in [-0.1, -0.05) is 78.9 Å². The van der Waals surface area contributed by atoms with Crippen molar-refractivity contribution in [1.29, 1.82) is 0 Å². The monoisotopic (exact) mass is 496 g/mol. The van der Waals surface area contributed by atoms with Crippen molar-refractivity contribution in [1.82, 2.24) is 5.32 Å². The Morgan fingerprint density at radius 1 is 0.806 bits per heavy atom. The smallest absolute Gasteiger partial charge is 0.251 e. The lowest BCUT2D eigenvalue weighted by Gasteiger charge is -2.29. The van der Waals surface area contributed by atoms with Gasteiger partial charge in [0.2, 0.25) is 0 Å². The van der Waals surface area contributed by atoms with Crippen LogP contribution in [0.2, 0.25) is 0 Å². The second kappa shape index (κ2) is 11.9. The lowest BCUT2D eigenvalue weighted by Crippen LogP contribution is -2.24. The molecule has 4 nitrogen and oxygen atoms in total. The summed E-state index contributed by atoms with van der Waals surface area (Å²) in [5, 5.41) is 3.08. The highest BCUT2D eigenvalue weighted by Crippen LogP contribution is 2.47. The molecule has 4 aromatic rings. The second-order valence-electron chi connectivity index (χ2n) is 8.89. The molecule has 4 aromatic carbocycles. The normalized spacial score (nSPS) is 16.1. The fourth-order valence-corrected chi connectivity index (χ4v) is 6.34. The molecule has 184 valence electrons. The zero-order chi connectivity index (χ0) is 24.6. The van der Waals surface area contributed by atoms with Gasteiger partial charge in [-0.3, -0.25) is 4.79 Å². The summed E-state index contributed by atoms with van der Waals surface area (Å²) in [5.74, 6) is -0.0236. The van der Waals surface area contributed by atoms with E-state index in [0.29, 0.717) is 18.7 Å². The van der Waals surface area contributed by atoms with Crippen LogP contribution in [0.1, 0.15) is 28.8 Å². The van der Waals surface area contributed by atoms with Crippen LogP contribution in [0.5, 0.6) is 0 Å². The summed E-state index contributed by atoms with van der Waals surface area (Å²) in [5.41, 5.74) is 5.59. The predicted octanol–water partition coefficient (Wildman–Crippen LogP) is 6.83. The van der Waals surface area contributed by atoms with Crippen molar-refractivity contribution < 1.29 is 8.98 Å². The quantitative estimate of drug-likeness (QED) is 0.197. The molecule has 1 heterocycles. The second-order valence-corrected chi connectivity index (χ2v) is 10.7. The van der Waals surface area contributed by atoms with Crippen LogP contribution in [-0.2, 0) is 10.6 Å². The predicted molar refractivity (Wildman–Crippen MR) is 151 cm³/mol. The first kappa shape index (κ1) is 24.2. The third-order valence-corrected chi connectivity index (χ3v) is 8.37. The molecule has 1 N–H and O–H groups in total. The molecule has 1 saturated heterocycles. The summed E-state index contributed by atoms with van der Waals surface area (Å²) in [6, 6.07) is 37.4. The molecular weight excluding hydrogens is 464 g/mol. The molecule has 1 amide bonds. The SMILES string of the molecule is O=C(NCCCCc1ccccc1)c1cccc([SH]2OCCN2c2ccc(-c3ccccc3)cc2)c1. The van der Waals surface area contributed by atoms with E-state index < -0.39 is 11.4 Å². The minimum atomic E-state index is -0.976. The average Bonchev–Trinajstić information content (AvgIpc) is 3.44. The Morgan fingerprint density at radius 3 is 2.31 bits per heavy atom. The molecule has 0 aliphatic carbocycles. The van der Waals surface area contributed by atoms with Crippen LogP contribution in [0.25, 0.3) is 11.1 Å². The van der Waals surface area contributed by atoms with Gasteiger partial charge >= 0.3 is 0 Å². The number of unbranched alkanes of at least 4 members (excludes halogenated alkanes) is 1. The van der Waals surface area contributed by atoms with E-state index in [-0.39, 0.29) is 5.91 Å². The summed E-state index contributed by atoms with van der Waals surface area (Å²) >= 11 is -0.976. The minimum Gasteiger partial charge on any atom is -0.352 e. The molecule has 0 spiro atoms. The number of hydrogen-bond acceptors (Lipinski definition) is 3. The van der Waals surface area contributed by atoms with Crippen LogP contribution in [0.3, 0.4) is 0 Å². The van der Waals surface area contributed by atoms with Gasteiger partial charge in [0.25, 0.3) is 5.91 Å². The molecule has 1 aliphatic heterocycles. The molecule has 0 bridgehead atoms. The van der Waals surface area contributed by atoms with E-state index in [4.69, 9.17) is 4.18 Å². The minimum absolute atomic E-state index is 0.0236. The topological polar surface area (TPSA) is 41.6 Å². The van der Waals surface area contributed by atoms with Gasteiger partial charge in [0.1, 0.15) is 0 Å². The summed E-state index contributed by atoms with van der Waals surface area (Å²) in [7, 11) is 0. The number of thiol groups is 1. The van der Waals surface area contributed by atoms with Crippen LogP contribution < -0.4 is 9.62 Å². The van der Waals surface area contributed by atoms with E-state index >= 15 is 0 Å². The molecule has 36 heavy (non-hydrogen) atoms. The van der Waals surface area contributed by atoms with Crippen molar-refractivity contribution in [2.24, 2.45) is 0 Å². The Balaban J connectivity index is 1.19. The first-order valence-electron chi connectivity index (χ1n) is 12.6. The molecule has 5 heteroatoms. The number of hydrogen-bond donors (Lipinski definition) is 2. The number of nitrogens with zero attached hydrogens (tertiary/aromatic N) is 1. The standard InChI is InChI=1S/C31H32N2O2S/c34-31(32-21-8-7-12-25-10-3-1-4-11-25)28-15-9-16-30(24-28)36-33(22-23-35-36)29-19-17-27(18-20-29)26-13-5-2-6-14-26/h1-6,9-11,13-20,24,36H,7-8,12,21-23H2,(H,32,34). The Morgan fingerprint density at radius 2 is 1.53 bits per heavy atom. The molecule has 0 aromatic heterocycles. The zero-order valence-corrected chi connectivity index (χ0v) is 21.2. The maximum Gasteiger partial charge on any atom is 0.251 e. The lowest BCUT2D eigenvalue weighted by atomic mass is 10.1. The number of nitrogens with one attached hydrogen (secondary N) is 1. The molecule has 1 atom stereocenters. The molecule has 0 saturated carbocycles. The highest BCUT2D eigenvalue weighted by atomic mass is 32.2. The van der Waals surface area contributed by atoms with Crippen LogP contribution in [0.4, 0.5) is 5.69 Å². The first-order chi connectivity index (χ1) is 17.8. The number of aryl methyl sites for hydroxylation is 1. The molecule has 5 rings (SSSR count). The van der Waals surface area contributed by atoms with Gasteiger partial charge in [0.05, 0.1) is 13.2 Å². The largest absolute Gasteiger partial charge is 0.352 e. The molecule has 1 fully saturated rings. The number of carbonyl (C=O) groups is 1. The van der Waals surface area contributed by atoms with E-state index in [1.807, 2.05) is 30.3 Å². The van der Waals surface area contributed by atoms with Gasteiger partial charge < -0.3 is 13.8 Å². The van der Waals surface area contributed by atoms with Crippen molar-refractivity contribution in [2.45, 2.75) is 24.2 Å². The van der Waals surface area contributed by atoms with Crippen LogP contribution in [0.15, 0.2) is 114 Å². The number of rotatable bonds is 9. The highest BCUT2D eigenvalue weighted by molar-refractivity contribution is 8.14. The Hall–Kier alpha value is -3.54. The molecule has 1 aliphatic rings. The van der Waals surface area contributed by atoms with Crippen molar-refractivity contribution in [3.05, 3.63) is 120 Å². The molecule has 0 radical (unpaired) electrons. The van der Waals surface area contributed by atoms with Crippen LogP contribution >= 0.6 is 11.4 Å². The van der Waals surface area contributed by atoms with Gasteiger partial charge in [0.15, 0.2) is 0 Å². The Bertz CT molecular complexity index is 1260. The summed E-state index contributed by atoms with van der Waals surface area (Å²) < 4.78 is 8.49. The van der Waals surface area contributed by atoms with Crippen molar-refractivity contribution in [3.8, 4) is 11.1 Å². The number of amides is 1. The van der Waals surface area contributed by atoms with Gasteiger partial charge in [-0.05, 0) is 77.6 Å². The van der Waals surface area contributed by atoms with E-state index in [9.17, 15) is 4.79 Å². The molecular formula is C31H32N2O2S.